The summed E-state index contributed by atoms with van der Waals surface area (Å²) in [5, 5.41) is 11.1. The average Bonchev–Trinajstić information content (AvgIpc) is 2.67. The van der Waals surface area contributed by atoms with Gasteiger partial charge in [-0.15, -0.1) is 0 Å². The molecule has 1 aromatic carbocycles. The van der Waals surface area contributed by atoms with Crippen molar-refractivity contribution >= 4 is 17.3 Å². The summed E-state index contributed by atoms with van der Waals surface area (Å²) in [6, 6.07) is 5.30. The topological polar surface area (TPSA) is 75.9 Å². The van der Waals surface area contributed by atoms with Gasteiger partial charge in [0.05, 0.1) is 24.1 Å². The number of rotatable bonds is 2. The first-order chi connectivity index (χ1) is 12.1. The predicted octanol–water partition coefficient (Wildman–Crippen LogP) is 1.98. The number of hydrogen-bond acceptors (Lipinski definition) is 5. The highest BCUT2D eigenvalue weighted by molar-refractivity contribution is 5.82. The number of carbonyl (C=O) groups is 1. The fourth-order valence-electron chi connectivity index (χ4n) is 4.45. The van der Waals surface area contributed by atoms with Crippen molar-refractivity contribution < 1.29 is 14.5 Å². The minimum absolute atomic E-state index is 0.104. The number of benzene rings is 1. The second-order valence-corrected chi connectivity index (χ2v) is 7.07. The van der Waals surface area contributed by atoms with Crippen LogP contribution in [0, 0.1) is 16.0 Å². The molecule has 0 saturated carbocycles. The summed E-state index contributed by atoms with van der Waals surface area (Å²) in [6.07, 6.45) is 3.84. The van der Waals surface area contributed by atoms with E-state index in [0.29, 0.717) is 32.7 Å². The number of fused-ring (bicyclic) bond motifs is 3. The molecule has 0 spiro atoms. The van der Waals surface area contributed by atoms with Gasteiger partial charge in [-0.3, -0.25) is 14.9 Å². The van der Waals surface area contributed by atoms with E-state index in [4.69, 9.17) is 4.74 Å². The molecule has 25 heavy (non-hydrogen) atoms. The Bertz CT molecular complexity index is 687. The van der Waals surface area contributed by atoms with Crippen LogP contribution in [0.15, 0.2) is 18.2 Å². The summed E-state index contributed by atoms with van der Waals surface area (Å²) < 4.78 is 5.36. The maximum Gasteiger partial charge on any atom is 0.269 e. The zero-order valence-electron chi connectivity index (χ0n) is 14.2. The molecule has 0 aliphatic carbocycles. The summed E-state index contributed by atoms with van der Waals surface area (Å²) in [7, 11) is 0. The first kappa shape index (κ1) is 16.3. The number of nitro groups is 1. The van der Waals surface area contributed by atoms with E-state index in [1.165, 1.54) is 0 Å². The van der Waals surface area contributed by atoms with E-state index in [0.717, 1.165) is 37.1 Å². The summed E-state index contributed by atoms with van der Waals surface area (Å²) >= 11 is 0. The van der Waals surface area contributed by atoms with Gasteiger partial charge in [0, 0.05) is 43.5 Å². The van der Waals surface area contributed by atoms with Gasteiger partial charge < -0.3 is 14.5 Å². The zero-order chi connectivity index (χ0) is 17.4. The molecule has 2 atom stereocenters. The van der Waals surface area contributed by atoms with Crippen LogP contribution in [0.4, 0.5) is 11.4 Å². The monoisotopic (exact) mass is 345 g/mol. The zero-order valence-corrected chi connectivity index (χ0v) is 14.2. The molecule has 1 amide bonds. The number of nitrogens with zero attached hydrogens (tertiary/aromatic N) is 3. The molecule has 0 aromatic heterocycles. The minimum atomic E-state index is -0.360. The number of hydrogen-bond donors (Lipinski definition) is 0. The van der Waals surface area contributed by atoms with Crippen molar-refractivity contribution in [1.82, 2.24) is 4.90 Å². The molecule has 3 heterocycles. The fourth-order valence-corrected chi connectivity index (χ4v) is 4.45. The van der Waals surface area contributed by atoms with Crippen LogP contribution >= 0.6 is 0 Å². The van der Waals surface area contributed by atoms with Crippen molar-refractivity contribution in [3.63, 3.8) is 0 Å². The van der Waals surface area contributed by atoms with Gasteiger partial charge in [-0.1, -0.05) is 0 Å². The largest absolute Gasteiger partial charge is 0.378 e. The third kappa shape index (κ3) is 2.97. The van der Waals surface area contributed by atoms with Crippen LogP contribution in [-0.2, 0) is 16.0 Å². The Morgan fingerprint density at radius 3 is 2.76 bits per heavy atom. The number of non-ortho nitro benzene ring substituents is 1. The van der Waals surface area contributed by atoms with Crippen LogP contribution in [0.25, 0.3) is 0 Å². The van der Waals surface area contributed by atoms with Gasteiger partial charge in [0.25, 0.3) is 5.69 Å². The highest BCUT2D eigenvalue weighted by Gasteiger charge is 2.41. The van der Waals surface area contributed by atoms with Crippen LogP contribution in [0.1, 0.15) is 24.8 Å². The molecule has 3 aliphatic rings. The summed E-state index contributed by atoms with van der Waals surface area (Å²) in [4.78, 5) is 28.1. The molecule has 2 fully saturated rings. The molecule has 1 aromatic rings. The molecule has 7 heteroatoms. The lowest BCUT2D eigenvalue weighted by molar-refractivity contribution is -0.384. The number of anilines is 1. The quantitative estimate of drug-likeness (QED) is 0.605. The van der Waals surface area contributed by atoms with Gasteiger partial charge in [0.1, 0.15) is 0 Å². The van der Waals surface area contributed by atoms with Crippen molar-refractivity contribution in [2.24, 2.45) is 5.92 Å². The first-order valence-corrected chi connectivity index (χ1v) is 9.05. The van der Waals surface area contributed by atoms with E-state index in [9.17, 15) is 14.9 Å². The van der Waals surface area contributed by atoms with Crippen molar-refractivity contribution in [3.05, 3.63) is 33.9 Å². The summed E-state index contributed by atoms with van der Waals surface area (Å²) in [5.41, 5.74) is 2.10. The van der Waals surface area contributed by atoms with Crippen LogP contribution in [-0.4, -0.2) is 54.6 Å². The van der Waals surface area contributed by atoms with E-state index >= 15 is 0 Å². The third-order valence-electron chi connectivity index (χ3n) is 5.68. The Balaban J connectivity index is 1.67. The maximum absolute atomic E-state index is 13.1. The molecule has 134 valence electrons. The summed E-state index contributed by atoms with van der Waals surface area (Å²) in [6.45, 7) is 3.39. The van der Waals surface area contributed by atoms with Crippen LogP contribution in [0.5, 0.6) is 0 Å². The number of amides is 1. The Kier molecular flexibility index (Phi) is 4.33. The normalized spacial score (nSPS) is 25.9. The van der Waals surface area contributed by atoms with Gasteiger partial charge in [-0.05, 0) is 37.3 Å². The van der Waals surface area contributed by atoms with Gasteiger partial charge >= 0.3 is 0 Å². The highest BCUT2D eigenvalue weighted by atomic mass is 16.6. The lowest BCUT2D eigenvalue weighted by Crippen LogP contribution is -2.55. The third-order valence-corrected chi connectivity index (χ3v) is 5.68. The fraction of sp³-hybridized carbons (Fsp3) is 0.611. The Labute approximate surface area is 146 Å². The second kappa shape index (κ2) is 6.63. The first-order valence-electron chi connectivity index (χ1n) is 9.05. The second-order valence-electron chi connectivity index (χ2n) is 7.07. The molecule has 3 aliphatic heterocycles. The van der Waals surface area contributed by atoms with Crippen LogP contribution in [0.2, 0.25) is 0 Å². The Morgan fingerprint density at radius 2 is 2.00 bits per heavy atom. The maximum atomic E-state index is 13.1. The lowest BCUT2D eigenvalue weighted by Gasteiger charge is -2.47. The average molecular weight is 345 g/mol. The Morgan fingerprint density at radius 1 is 1.20 bits per heavy atom. The molecule has 2 unspecified atom stereocenters. The SMILES string of the molecule is O=C(C1Cc2cc([N+](=O)[O-])ccc2N2CCCCC12)N1CCOCC1. The van der Waals surface area contributed by atoms with Gasteiger partial charge in [-0.25, -0.2) is 0 Å². The standard InChI is InChI=1S/C18H23N3O4/c22-18(19-7-9-25-10-8-19)15-12-13-11-14(21(23)24)4-5-16(13)20-6-2-1-3-17(15)20/h4-5,11,15,17H,1-3,6-10,12H2. The van der Waals surface area contributed by atoms with E-state index < -0.39 is 0 Å². The van der Waals surface area contributed by atoms with Crippen molar-refractivity contribution in [1.29, 1.82) is 0 Å². The number of carbonyl (C=O) groups excluding carboxylic acids is 1. The summed E-state index contributed by atoms with van der Waals surface area (Å²) in [5.74, 6) is 0.0604. The molecular formula is C18H23N3O4. The molecule has 0 N–H and O–H groups in total. The van der Waals surface area contributed by atoms with E-state index in [1.807, 2.05) is 11.0 Å². The smallest absolute Gasteiger partial charge is 0.269 e. The molecule has 7 nitrogen and oxygen atoms in total. The molecular weight excluding hydrogens is 322 g/mol. The predicted molar refractivity (Wildman–Crippen MR) is 92.7 cm³/mol. The van der Waals surface area contributed by atoms with E-state index in [2.05, 4.69) is 4.90 Å². The van der Waals surface area contributed by atoms with Crippen LogP contribution in [0.3, 0.4) is 0 Å². The lowest BCUT2D eigenvalue weighted by atomic mass is 9.80. The van der Waals surface area contributed by atoms with Crippen molar-refractivity contribution in [2.75, 3.05) is 37.7 Å². The van der Waals surface area contributed by atoms with Gasteiger partial charge in [0.15, 0.2) is 0 Å². The van der Waals surface area contributed by atoms with Gasteiger partial charge in [-0.2, -0.15) is 0 Å². The van der Waals surface area contributed by atoms with Crippen molar-refractivity contribution in [2.45, 2.75) is 31.7 Å². The molecule has 0 radical (unpaired) electrons. The molecule has 4 rings (SSSR count). The minimum Gasteiger partial charge on any atom is -0.378 e. The Hall–Kier alpha value is -2.15. The van der Waals surface area contributed by atoms with Gasteiger partial charge in [0.2, 0.25) is 5.91 Å². The number of piperidine rings is 1. The van der Waals surface area contributed by atoms with Crippen LogP contribution < -0.4 is 4.90 Å². The van der Waals surface area contributed by atoms with Crippen molar-refractivity contribution in [3.8, 4) is 0 Å². The van der Waals surface area contributed by atoms with E-state index in [-0.39, 0.29) is 28.5 Å². The number of morpholine rings is 1. The molecule has 0 bridgehead atoms. The highest BCUT2D eigenvalue weighted by Crippen LogP contribution is 2.40. The number of nitro benzene ring substituents is 1. The van der Waals surface area contributed by atoms with E-state index in [1.54, 1.807) is 12.1 Å². The molecule has 2 saturated heterocycles. The number of ether oxygens (including phenoxy) is 1.